The number of ether oxygens (including phenoxy) is 2. The number of rotatable bonds is 4. The molecule has 1 heterocycles. The van der Waals surface area contributed by atoms with E-state index in [0.29, 0.717) is 5.75 Å². The number of alkyl halides is 2. The number of nitrogens with zero attached hydrogens (tertiary/aromatic N) is 1. The number of halogens is 2. The van der Waals surface area contributed by atoms with E-state index in [1.165, 1.54) is 12.3 Å². The van der Waals surface area contributed by atoms with E-state index < -0.39 is 5.92 Å². The molecule has 1 fully saturated rings. The van der Waals surface area contributed by atoms with Crippen molar-refractivity contribution in [1.29, 1.82) is 0 Å². The maximum absolute atomic E-state index is 13.0. The fraction of sp³-hybridized carbons (Fsp3) is 0.583. The average Bonchev–Trinajstić information content (AvgIpc) is 2.22. The highest BCUT2D eigenvalue weighted by Crippen LogP contribution is 2.31. The van der Waals surface area contributed by atoms with Gasteiger partial charge in [-0.05, 0) is 6.07 Å². The summed E-state index contributed by atoms with van der Waals surface area (Å²) in [5.74, 6) is -2.50. The van der Waals surface area contributed by atoms with Crippen LogP contribution in [0.2, 0.25) is 0 Å². The first-order valence-electron chi connectivity index (χ1n) is 5.53. The minimum absolute atomic E-state index is 0.0562. The Morgan fingerprint density at radius 2 is 2.06 bits per heavy atom. The fourth-order valence-electron chi connectivity index (χ4n) is 1.72. The minimum Gasteiger partial charge on any atom is -0.490 e. The lowest BCUT2D eigenvalue weighted by Crippen LogP contribution is -2.38. The first kappa shape index (κ1) is 12.2. The molecule has 0 amide bonds. The summed E-state index contributed by atoms with van der Waals surface area (Å²) in [7, 11) is 1.66. The van der Waals surface area contributed by atoms with Crippen molar-refractivity contribution in [3.8, 4) is 5.75 Å². The molecule has 3 nitrogen and oxygen atoms in total. The van der Waals surface area contributed by atoms with Crippen LogP contribution in [0.1, 0.15) is 25.5 Å². The lowest BCUT2D eigenvalue weighted by Gasteiger charge is -2.34. The molecule has 0 atom stereocenters. The average molecular weight is 243 g/mol. The van der Waals surface area contributed by atoms with Crippen molar-refractivity contribution in [2.24, 2.45) is 0 Å². The van der Waals surface area contributed by atoms with Gasteiger partial charge in [0.15, 0.2) is 0 Å². The summed E-state index contributed by atoms with van der Waals surface area (Å²) in [6, 6.07) is 2.88. The van der Waals surface area contributed by atoms with E-state index in [9.17, 15) is 8.78 Å². The van der Waals surface area contributed by atoms with Crippen LogP contribution >= 0.6 is 0 Å². The van der Waals surface area contributed by atoms with Crippen molar-refractivity contribution in [3.05, 3.63) is 24.0 Å². The van der Waals surface area contributed by atoms with Crippen molar-refractivity contribution in [2.75, 3.05) is 7.11 Å². The number of aromatic nitrogens is 1. The third kappa shape index (κ3) is 2.91. The number of methoxy groups -OCH3 is 1. The van der Waals surface area contributed by atoms with E-state index in [1.807, 2.05) is 0 Å². The summed E-state index contributed by atoms with van der Waals surface area (Å²) in [4.78, 5) is 3.64. The van der Waals surface area contributed by atoms with Crippen molar-refractivity contribution in [1.82, 2.24) is 4.98 Å². The van der Waals surface area contributed by atoms with Gasteiger partial charge in [0.05, 0.1) is 6.10 Å². The van der Waals surface area contributed by atoms with Crippen LogP contribution in [-0.2, 0) is 10.7 Å². The number of pyridine rings is 1. The van der Waals surface area contributed by atoms with Gasteiger partial charge in [-0.2, -0.15) is 8.78 Å². The van der Waals surface area contributed by atoms with Crippen molar-refractivity contribution in [2.45, 2.75) is 37.9 Å². The van der Waals surface area contributed by atoms with Crippen LogP contribution in [-0.4, -0.2) is 24.3 Å². The largest absolute Gasteiger partial charge is 0.490 e. The van der Waals surface area contributed by atoms with Gasteiger partial charge in [-0.1, -0.05) is 0 Å². The summed E-state index contributed by atoms with van der Waals surface area (Å²) >= 11 is 0. The van der Waals surface area contributed by atoms with E-state index >= 15 is 0 Å². The second-order valence-electron chi connectivity index (χ2n) is 4.33. The van der Waals surface area contributed by atoms with Crippen LogP contribution < -0.4 is 4.74 Å². The minimum atomic E-state index is -2.94. The Balaban J connectivity index is 1.98. The second kappa shape index (κ2) is 4.56. The van der Waals surface area contributed by atoms with E-state index in [-0.39, 0.29) is 17.9 Å². The van der Waals surface area contributed by atoms with Crippen LogP contribution in [0, 0.1) is 0 Å². The summed E-state index contributed by atoms with van der Waals surface area (Å²) < 4.78 is 36.8. The van der Waals surface area contributed by atoms with Crippen LogP contribution in [0.15, 0.2) is 18.3 Å². The molecule has 0 unspecified atom stereocenters. The van der Waals surface area contributed by atoms with Gasteiger partial charge >= 0.3 is 0 Å². The molecule has 0 radical (unpaired) electrons. The standard InChI is InChI=1S/C12H15F2NO2/c1-12(13,14)11-7-8(3-4-15-11)17-10-5-9(6-10)16-2/h3-4,7,9-10H,5-6H2,1-2H3. The Bertz CT molecular complexity index is 386. The predicted octanol–water partition coefficient (Wildman–Crippen LogP) is 2.75. The summed E-state index contributed by atoms with van der Waals surface area (Å²) in [5.41, 5.74) is -0.266. The quantitative estimate of drug-likeness (QED) is 0.814. The van der Waals surface area contributed by atoms with Gasteiger partial charge in [0.25, 0.3) is 5.92 Å². The zero-order valence-electron chi connectivity index (χ0n) is 9.82. The summed E-state index contributed by atoms with van der Waals surface area (Å²) in [6.07, 6.45) is 3.23. The molecule has 1 aliphatic carbocycles. The maximum Gasteiger partial charge on any atom is 0.287 e. The maximum atomic E-state index is 13.0. The molecular weight excluding hydrogens is 228 g/mol. The van der Waals surface area contributed by atoms with Gasteiger partial charge in [0, 0.05) is 39.1 Å². The van der Waals surface area contributed by atoms with Crippen LogP contribution in [0.5, 0.6) is 5.75 Å². The zero-order chi connectivity index (χ0) is 12.5. The molecule has 0 N–H and O–H groups in total. The highest BCUT2D eigenvalue weighted by Gasteiger charge is 2.31. The first-order valence-corrected chi connectivity index (χ1v) is 5.53. The molecule has 0 aliphatic heterocycles. The second-order valence-corrected chi connectivity index (χ2v) is 4.33. The Morgan fingerprint density at radius 1 is 1.35 bits per heavy atom. The van der Waals surface area contributed by atoms with E-state index in [0.717, 1.165) is 19.8 Å². The lowest BCUT2D eigenvalue weighted by molar-refractivity contribution is -0.0386. The monoisotopic (exact) mass is 243 g/mol. The summed E-state index contributed by atoms with van der Waals surface area (Å²) in [6.45, 7) is 0.823. The Labute approximate surface area is 98.8 Å². The predicted molar refractivity (Wildman–Crippen MR) is 58.3 cm³/mol. The Hall–Kier alpha value is -1.23. The number of hydrogen-bond donors (Lipinski definition) is 0. The van der Waals surface area contributed by atoms with E-state index in [4.69, 9.17) is 9.47 Å². The lowest BCUT2D eigenvalue weighted by atomic mass is 9.92. The SMILES string of the molecule is COC1CC(Oc2ccnc(C(C)(F)F)c2)C1. The Morgan fingerprint density at radius 3 is 2.65 bits per heavy atom. The molecule has 2 rings (SSSR count). The van der Waals surface area contributed by atoms with Gasteiger partial charge in [0.2, 0.25) is 0 Å². The molecule has 0 aromatic carbocycles. The number of hydrogen-bond acceptors (Lipinski definition) is 3. The van der Waals surface area contributed by atoms with Crippen LogP contribution in [0.4, 0.5) is 8.78 Å². The zero-order valence-corrected chi connectivity index (χ0v) is 9.82. The van der Waals surface area contributed by atoms with E-state index in [2.05, 4.69) is 4.98 Å². The van der Waals surface area contributed by atoms with E-state index in [1.54, 1.807) is 13.2 Å². The van der Waals surface area contributed by atoms with Crippen molar-refractivity contribution >= 4 is 0 Å². The van der Waals surface area contributed by atoms with Gasteiger partial charge in [-0.3, -0.25) is 4.98 Å². The molecular formula is C12H15F2NO2. The van der Waals surface area contributed by atoms with Crippen molar-refractivity contribution < 1.29 is 18.3 Å². The molecule has 1 saturated carbocycles. The van der Waals surface area contributed by atoms with Crippen molar-refractivity contribution in [3.63, 3.8) is 0 Å². The highest BCUT2D eigenvalue weighted by molar-refractivity contribution is 5.25. The van der Waals surface area contributed by atoms with Gasteiger partial charge in [-0.25, -0.2) is 0 Å². The highest BCUT2D eigenvalue weighted by atomic mass is 19.3. The molecule has 94 valence electrons. The van der Waals surface area contributed by atoms with Gasteiger partial charge in [0.1, 0.15) is 17.5 Å². The molecule has 0 saturated heterocycles. The Kier molecular flexibility index (Phi) is 3.28. The smallest absolute Gasteiger partial charge is 0.287 e. The van der Waals surface area contributed by atoms with Crippen LogP contribution in [0.25, 0.3) is 0 Å². The van der Waals surface area contributed by atoms with Gasteiger partial charge < -0.3 is 9.47 Å². The molecule has 1 aromatic heterocycles. The molecule has 5 heteroatoms. The summed E-state index contributed by atoms with van der Waals surface area (Å²) in [5, 5.41) is 0. The normalized spacial score (nSPS) is 24.2. The molecule has 0 bridgehead atoms. The molecule has 1 aromatic rings. The topological polar surface area (TPSA) is 31.4 Å². The molecule has 1 aliphatic rings. The molecule has 0 spiro atoms. The first-order chi connectivity index (χ1) is 7.99. The fourth-order valence-corrected chi connectivity index (χ4v) is 1.72. The third-order valence-corrected chi connectivity index (χ3v) is 2.87. The molecule has 17 heavy (non-hydrogen) atoms. The van der Waals surface area contributed by atoms with Crippen LogP contribution in [0.3, 0.4) is 0 Å². The third-order valence-electron chi connectivity index (χ3n) is 2.87. The van der Waals surface area contributed by atoms with Gasteiger partial charge in [-0.15, -0.1) is 0 Å².